The lowest BCUT2D eigenvalue weighted by Crippen LogP contribution is -2.35. The maximum absolute atomic E-state index is 9.52. The van der Waals surface area contributed by atoms with Gasteiger partial charge >= 0.3 is 0 Å². The van der Waals surface area contributed by atoms with Gasteiger partial charge in [0, 0.05) is 5.25 Å². The quantitative estimate of drug-likeness (QED) is 0.460. The first kappa shape index (κ1) is 7.90. The summed E-state index contributed by atoms with van der Waals surface area (Å²) in [5.74, 6) is 1.49. The molecular formula is C8H15NOS. The van der Waals surface area contributed by atoms with Gasteiger partial charge in [0.15, 0.2) is 0 Å². The first-order chi connectivity index (χ1) is 5.27. The highest BCUT2D eigenvalue weighted by atomic mass is 32.1. The molecule has 0 aromatic rings. The largest absolute Gasteiger partial charge is 0.392 e. The van der Waals surface area contributed by atoms with Crippen LogP contribution in [0.15, 0.2) is 0 Å². The van der Waals surface area contributed by atoms with E-state index in [1.54, 1.807) is 0 Å². The fourth-order valence-corrected chi connectivity index (χ4v) is 2.67. The second kappa shape index (κ2) is 2.96. The molecule has 1 aliphatic carbocycles. The maximum atomic E-state index is 9.52. The molecule has 2 N–H and O–H groups in total. The van der Waals surface area contributed by atoms with Gasteiger partial charge in [-0.1, -0.05) is 0 Å². The van der Waals surface area contributed by atoms with Gasteiger partial charge in [-0.15, -0.1) is 0 Å². The van der Waals surface area contributed by atoms with Gasteiger partial charge in [0.05, 0.1) is 6.10 Å². The van der Waals surface area contributed by atoms with Crippen LogP contribution in [0.4, 0.5) is 0 Å². The number of hydrogen-bond donors (Lipinski definition) is 3. The Kier molecular flexibility index (Phi) is 2.12. The van der Waals surface area contributed by atoms with Crippen LogP contribution in [0.3, 0.4) is 0 Å². The van der Waals surface area contributed by atoms with E-state index in [1.807, 2.05) is 0 Å². The van der Waals surface area contributed by atoms with Gasteiger partial charge in [-0.3, -0.25) is 0 Å². The van der Waals surface area contributed by atoms with E-state index in [1.165, 1.54) is 0 Å². The van der Waals surface area contributed by atoms with Crippen molar-refractivity contribution in [2.75, 3.05) is 13.1 Å². The first-order valence-electron chi connectivity index (χ1n) is 4.34. The molecule has 2 rings (SSSR count). The zero-order valence-corrected chi connectivity index (χ0v) is 7.43. The topological polar surface area (TPSA) is 32.3 Å². The number of aliphatic hydroxyl groups excluding tert-OH is 1. The van der Waals surface area contributed by atoms with Crippen molar-refractivity contribution in [1.82, 2.24) is 5.32 Å². The van der Waals surface area contributed by atoms with Crippen LogP contribution in [0.2, 0.25) is 0 Å². The number of nitrogens with one attached hydrogen (secondary N) is 1. The zero-order chi connectivity index (χ0) is 7.84. The van der Waals surface area contributed by atoms with Crippen molar-refractivity contribution in [1.29, 1.82) is 0 Å². The van der Waals surface area contributed by atoms with Crippen LogP contribution in [-0.4, -0.2) is 29.5 Å². The van der Waals surface area contributed by atoms with E-state index in [0.29, 0.717) is 5.92 Å². The molecule has 3 heteroatoms. The van der Waals surface area contributed by atoms with E-state index in [4.69, 9.17) is 0 Å². The minimum atomic E-state index is -0.167. The molecule has 0 aromatic carbocycles. The fraction of sp³-hybridized carbons (Fsp3) is 1.00. The predicted molar refractivity (Wildman–Crippen MR) is 47.9 cm³/mol. The average Bonchev–Trinajstić information content (AvgIpc) is 2.36. The van der Waals surface area contributed by atoms with E-state index in [-0.39, 0.29) is 11.4 Å². The Morgan fingerprint density at radius 2 is 1.82 bits per heavy atom. The summed E-state index contributed by atoms with van der Waals surface area (Å²) in [7, 11) is 0. The highest BCUT2D eigenvalue weighted by molar-refractivity contribution is 7.81. The summed E-state index contributed by atoms with van der Waals surface area (Å²) in [6.45, 7) is 2.23. The Morgan fingerprint density at radius 1 is 1.18 bits per heavy atom. The van der Waals surface area contributed by atoms with Crippen LogP contribution in [0, 0.1) is 11.8 Å². The molecule has 1 aliphatic heterocycles. The number of fused-ring (bicyclic) bond motifs is 1. The highest BCUT2D eigenvalue weighted by Gasteiger charge is 2.36. The summed E-state index contributed by atoms with van der Waals surface area (Å²) in [5, 5.41) is 13.1. The molecule has 0 aromatic heterocycles. The Bertz CT molecular complexity index is 137. The minimum Gasteiger partial charge on any atom is -0.392 e. The fourth-order valence-electron chi connectivity index (χ4n) is 2.27. The monoisotopic (exact) mass is 173 g/mol. The molecule has 0 bridgehead atoms. The van der Waals surface area contributed by atoms with Crippen LogP contribution in [0.25, 0.3) is 0 Å². The molecular weight excluding hydrogens is 158 g/mol. The molecule has 4 unspecified atom stereocenters. The Hall–Kier alpha value is 0.270. The smallest absolute Gasteiger partial charge is 0.0659 e. The molecule has 0 amide bonds. The maximum Gasteiger partial charge on any atom is 0.0659 e. The molecule has 0 radical (unpaired) electrons. The molecule has 11 heavy (non-hydrogen) atoms. The molecule has 1 saturated carbocycles. The Balaban J connectivity index is 2.00. The molecule has 64 valence electrons. The predicted octanol–water partition coefficient (Wildman–Crippen LogP) is 0.275. The average molecular weight is 173 g/mol. The number of aliphatic hydroxyl groups is 1. The lowest BCUT2D eigenvalue weighted by molar-refractivity contribution is 0.0940. The lowest BCUT2D eigenvalue weighted by atomic mass is 9.80. The van der Waals surface area contributed by atoms with Gasteiger partial charge in [-0.2, -0.15) is 12.6 Å². The van der Waals surface area contributed by atoms with Gasteiger partial charge in [0.2, 0.25) is 0 Å². The number of rotatable bonds is 0. The SMILES string of the molecule is OC1CC2CNCC2CC1S. The van der Waals surface area contributed by atoms with Crippen molar-refractivity contribution in [2.45, 2.75) is 24.2 Å². The summed E-state index contributed by atoms with van der Waals surface area (Å²) < 4.78 is 0. The van der Waals surface area contributed by atoms with Crippen molar-refractivity contribution < 1.29 is 5.11 Å². The van der Waals surface area contributed by atoms with Crippen molar-refractivity contribution in [3.63, 3.8) is 0 Å². The summed E-state index contributed by atoms with van der Waals surface area (Å²) >= 11 is 4.36. The Morgan fingerprint density at radius 3 is 2.55 bits per heavy atom. The van der Waals surface area contributed by atoms with Crippen molar-refractivity contribution in [3.05, 3.63) is 0 Å². The van der Waals surface area contributed by atoms with Crippen molar-refractivity contribution in [2.24, 2.45) is 11.8 Å². The molecule has 2 fully saturated rings. The van der Waals surface area contributed by atoms with Gasteiger partial charge in [-0.05, 0) is 37.8 Å². The third kappa shape index (κ3) is 1.42. The van der Waals surface area contributed by atoms with E-state index in [2.05, 4.69) is 17.9 Å². The molecule has 2 nitrogen and oxygen atoms in total. The summed E-state index contributed by atoms with van der Waals surface area (Å²) in [5.41, 5.74) is 0. The first-order valence-corrected chi connectivity index (χ1v) is 4.86. The molecule has 1 heterocycles. The van der Waals surface area contributed by atoms with Gasteiger partial charge in [-0.25, -0.2) is 0 Å². The van der Waals surface area contributed by atoms with E-state index in [9.17, 15) is 5.11 Å². The second-order valence-corrected chi connectivity index (χ2v) is 4.45. The van der Waals surface area contributed by atoms with Gasteiger partial charge < -0.3 is 10.4 Å². The lowest BCUT2D eigenvalue weighted by Gasteiger charge is -2.32. The van der Waals surface area contributed by atoms with E-state index >= 15 is 0 Å². The summed E-state index contributed by atoms with van der Waals surface area (Å²) in [6.07, 6.45) is 1.87. The summed E-state index contributed by atoms with van der Waals surface area (Å²) in [4.78, 5) is 0. The zero-order valence-electron chi connectivity index (χ0n) is 6.53. The van der Waals surface area contributed by atoms with Crippen LogP contribution < -0.4 is 5.32 Å². The molecule has 0 spiro atoms. The normalized spacial score (nSPS) is 50.7. The second-order valence-electron chi connectivity index (χ2n) is 3.78. The van der Waals surface area contributed by atoms with Crippen LogP contribution in [-0.2, 0) is 0 Å². The number of hydrogen-bond acceptors (Lipinski definition) is 3. The van der Waals surface area contributed by atoms with Crippen LogP contribution in [0.1, 0.15) is 12.8 Å². The third-order valence-electron chi connectivity index (χ3n) is 3.01. The molecule has 4 atom stereocenters. The minimum absolute atomic E-state index is 0.167. The van der Waals surface area contributed by atoms with Gasteiger partial charge in [0.25, 0.3) is 0 Å². The highest BCUT2D eigenvalue weighted by Crippen LogP contribution is 2.34. The third-order valence-corrected chi connectivity index (χ3v) is 3.57. The van der Waals surface area contributed by atoms with Crippen molar-refractivity contribution in [3.8, 4) is 0 Å². The Labute approximate surface area is 72.8 Å². The standard InChI is InChI=1S/C8H15NOS/c10-7-1-5-3-9-4-6(5)2-8(7)11/h5-11H,1-4H2. The number of thiol groups is 1. The molecule has 2 aliphatic rings. The van der Waals surface area contributed by atoms with Gasteiger partial charge in [0.1, 0.15) is 0 Å². The summed E-state index contributed by atoms with van der Waals surface area (Å²) in [6, 6.07) is 0. The molecule has 1 saturated heterocycles. The van der Waals surface area contributed by atoms with Crippen molar-refractivity contribution >= 4 is 12.6 Å². The van der Waals surface area contributed by atoms with E-state index in [0.717, 1.165) is 31.8 Å². The van der Waals surface area contributed by atoms with Crippen LogP contribution in [0.5, 0.6) is 0 Å². The van der Waals surface area contributed by atoms with E-state index < -0.39 is 0 Å². The van der Waals surface area contributed by atoms with Crippen LogP contribution >= 0.6 is 12.6 Å².